The second kappa shape index (κ2) is 12.3. The number of benzene rings is 2. The number of ether oxygens (including phenoxy) is 4. The van der Waals surface area contributed by atoms with Crippen LogP contribution < -0.4 is 5.43 Å². The number of phenols is 3. The summed E-state index contributed by atoms with van der Waals surface area (Å²) in [5, 5.41) is 84.4. The number of hydrogen-bond donors (Lipinski definition) is 8. The highest BCUT2D eigenvalue weighted by atomic mass is 16.7. The summed E-state index contributed by atoms with van der Waals surface area (Å²) in [6.45, 7) is 1.93. The van der Waals surface area contributed by atoms with Crippen molar-refractivity contribution in [2.75, 3.05) is 6.61 Å². The first-order valence-electron chi connectivity index (χ1n) is 13.6. The summed E-state index contributed by atoms with van der Waals surface area (Å²) in [4.78, 5) is 24.7. The fourth-order valence-electron chi connectivity index (χ4n) is 5.29. The van der Waals surface area contributed by atoms with E-state index in [9.17, 15) is 50.4 Å². The zero-order valence-corrected chi connectivity index (χ0v) is 23.4. The first-order chi connectivity index (χ1) is 20.8. The molecule has 1 aromatic heterocycles. The Bertz CT molecular complexity index is 1570. The third-order valence-corrected chi connectivity index (χ3v) is 7.68. The molecule has 15 heteroatoms. The molecule has 2 saturated heterocycles. The highest BCUT2D eigenvalue weighted by Gasteiger charge is 2.51. The Hall–Kier alpha value is -3.80. The van der Waals surface area contributed by atoms with Crippen LogP contribution in [0.3, 0.4) is 0 Å². The Morgan fingerprint density at radius 3 is 2.23 bits per heavy atom. The number of esters is 1. The summed E-state index contributed by atoms with van der Waals surface area (Å²) in [5.74, 6) is -2.21. The molecule has 0 saturated carbocycles. The Morgan fingerprint density at radius 2 is 1.57 bits per heavy atom. The third kappa shape index (κ3) is 5.83. The first kappa shape index (κ1) is 31.6. The lowest BCUT2D eigenvalue weighted by Gasteiger charge is -2.46. The van der Waals surface area contributed by atoms with Gasteiger partial charge in [0, 0.05) is 24.6 Å². The number of aliphatic hydroxyl groups is 5. The number of carbonyl (C=O) groups excluding carboxylic acids is 1. The molecular formula is C29H32O15. The molecule has 8 N–H and O–H groups in total. The van der Waals surface area contributed by atoms with Gasteiger partial charge in [0.25, 0.3) is 0 Å². The minimum absolute atomic E-state index is 0.0216. The second-order valence-electron chi connectivity index (χ2n) is 10.7. The maximum absolute atomic E-state index is 13.2. The molecule has 2 aliphatic heterocycles. The summed E-state index contributed by atoms with van der Waals surface area (Å²) >= 11 is 0. The summed E-state index contributed by atoms with van der Waals surface area (Å²) < 4.78 is 27.8. The van der Waals surface area contributed by atoms with Crippen molar-refractivity contribution in [1.29, 1.82) is 0 Å². The number of carbonyl (C=O) groups is 1. The quantitative estimate of drug-likeness (QED) is 0.162. The summed E-state index contributed by atoms with van der Waals surface area (Å²) in [7, 11) is 0. The molecule has 0 bridgehead atoms. The molecule has 2 fully saturated rings. The predicted molar refractivity (Wildman–Crippen MR) is 146 cm³/mol. The van der Waals surface area contributed by atoms with Gasteiger partial charge in [-0.15, -0.1) is 0 Å². The minimum Gasteiger partial charge on any atom is -0.508 e. The van der Waals surface area contributed by atoms with Crippen LogP contribution in [0.15, 0.2) is 45.6 Å². The van der Waals surface area contributed by atoms with Crippen molar-refractivity contribution in [3.8, 4) is 28.6 Å². The number of rotatable bonds is 6. The maximum atomic E-state index is 13.2. The molecule has 44 heavy (non-hydrogen) atoms. The van der Waals surface area contributed by atoms with Crippen LogP contribution in [0.4, 0.5) is 0 Å². The number of aromatic hydroxyl groups is 3. The van der Waals surface area contributed by atoms with Crippen LogP contribution >= 0.6 is 0 Å². The normalized spacial score (nSPS) is 32.4. The van der Waals surface area contributed by atoms with Gasteiger partial charge in [-0.1, -0.05) is 0 Å². The van der Waals surface area contributed by atoms with Crippen molar-refractivity contribution in [3.63, 3.8) is 0 Å². The van der Waals surface area contributed by atoms with Crippen LogP contribution in [0.5, 0.6) is 17.2 Å². The van der Waals surface area contributed by atoms with E-state index in [1.807, 2.05) is 0 Å². The predicted octanol–water partition coefficient (Wildman–Crippen LogP) is -0.486. The zero-order chi connectivity index (χ0) is 32.0. The molecule has 238 valence electrons. The molecule has 5 rings (SSSR count). The zero-order valence-electron chi connectivity index (χ0n) is 23.4. The van der Waals surface area contributed by atoms with Crippen LogP contribution in [0.25, 0.3) is 22.3 Å². The van der Waals surface area contributed by atoms with Crippen molar-refractivity contribution in [2.45, 2.75) is 75.1 Å². The van der Waals surface area contributed by atoms with E-state index in [1.54, 1.807) is 0 Å². The second-order valence-corrected chi connectivity index (χ2v) is 10.7. The topological polar surface area (TPSA) is 246 Å². The molecule has 0 unspecified atom stereocenters. The first-order valence-corrected chi connectivity index (χ1v) is 13.6. The Balaban J connectivity index is 1.59. The van der Waals surface area contributed by atoms with Crippen LogP contribution in [0, 0.1) is 0 Å². The van der Waals surface area contributed by atoms with Gasteiger partial charge < -0.3 is 64.2 Å². The molecular weight excluding hydrogens is 588 g/mol. The minimum atomic E-state index is -1.90. The van der Waals surface area contributed by atoms with Crippen molar-refractivity contribution >= 4 is 16.9 Å². The van der Waals surface area contributed by atoms with E-state index in [0.717, 1.165) is 19.1 Å². The van der Waals surface area contributed by atoms with Gasteiger partial charge in [0.2, 0.25) is 0 Å². The number of hydrogen-bond acceptors (Lipinski definition) is 15. The lowest BCUT2D eigenvalue weighted by atomic mass is 9.89. The molecule has 15 nitrogen and oxygen atoms in total. The number of phenolic OH excluding ortho intramolecular Hbond substituents is 3. The molecule has 0 spiro atoms. The lowest BCUT2D eigenvalue weighted by Crippen LogP contribution is -2.62. The number of aliphatic hydroxyl groups excluding tert-OH is 5. The van der Waals surface area contributed by atoms with Gasteiger partial charge in [-0.3, -0.25) is 9.59 Å². The van der Waals surface area contributed by atoms with E-state index in [2.05, 4.69) is 0 Å². The molecule has 10 atom stereocenters. The average molecular weight is 621 g/mol. The Kier molecular flexibility index (Phi) is 8.84. The lowest BCUT2D eigenvalue weighted by molar-refractivity contribution is -0.338. The van der Waals surface area contributed by atoms with Crippen molar-refractivity contribution in [1.82, 2.24) is 0 Å². The van der Waals surface area contributed by atoms with E-state index in [4.69, 9.17) is 23.4 Å². The van der Waals surface area contributed by atoms with Crippen molar-refractivity contribution in [2.24, 2.45) is 0 Å². The van der Waals surface area contributed by atoms with Gasteiger partial charge in [-0.2, -0.15) is 0 Å². The summed E-state index contributed by atoms with van der Waals surface area (Å²) in [6, 6.07) is 7.81. The van der Waals surface area contributed by atoms with Crippen LogP contribution in [-0.2, 0) is 23.7 Å². The van der Waals surface area contributed by atoms with E-state index >= 15 is 0 Å². The highest BCUT2D eigenvalue weighted by molar-refractivity contribution is 5.88. The molecule has 0 aliphatic carbocycles. The van der Waals surface area contributed by atoms with Crippen LogP contribution in [0.1, 0.15) is 25.5 Å². The molecule has 3 aromatic rings. The largest absolute Gasteiger partial charge is 0.508 e. The number of fused-ring (bicyclic) bond motifs is 1. The van der Waals surface area contributed by atoms with Crippen LogP contribution in [0.2, 0.25) is 0 Å². The SMILES string of the molecule is CC(=O)OC[C@H]1O[C@@H](c2c(O)cc3oc(-c4ccc(O)cc4)cc(=O)c3c2O)[C@H](O[C@@H]2O[C@@H](C)[C@H](O)[C@@H](O)[C@H]2O)[C@@H](O)[C@@H]1O. The highest BCUT2D eigenvalue weighted by Crippen LogP contribution is 2.46. The van der Waals surface area contributed by atoms with Gasteiger partial charge in [-0.25, -0.2) is 0 Å². The van der Waals surface area contributed by atoms with Gasteiger partial charge in [0.05, 0.1) is 11.7 Å². The third-order valence-electron chi connectivity index (χ3n) is 7.68. The van der Waals surface area contributed by atoms with E-state index in [1.165, 1.54) is 31.2 Å². The molecule has 2 aromatic carbocycles. The van der Waals surface area contributed by atoms with Crippen LogP contribution in [-0.4, -0.2) is 109 Å². The fourth-order valence-corrected chi connectivity index (χ4v) is 5.29. The molecule has 0 radical (unpaired) electrons. The smallest absolute Gasteiger partial charge is 0.302 e. The van der Waals surface area contributed by atoms with E-state index in [-0.39, 0.29) is 22.5 Å². The standard InChI is InChI=1S/C29H32O15/c1-10-21(34)24(37)26(39)29(41-10)44-28-25(38)22(35)18(9-40-11(2)30)43-27(28)20-15(33)8-17-19(23(20)36)14(32)7-16(42-17)12-3-5-13(31)6-4-12/h3-8,10,18,21-22,24-29,31,33-39H,9H2,1-2H3/t10-,18+,21-,22+,24+,25-,26+,27-,28+,29-/m0/s1. The van der Waals surface area contributed by atoms with Gasteiger partial charge in [0.15, 0.2) is 11.7 Å². The van der Waals surface area contributed by atoms with Crippen molar-refractivity contribution in [3.05, 3.63) is 52.2 Å². The summed E-state index contributed by atoms with van der Waals surface area (Å²) in [5.41, 5.74) is -1.05. The average Bonchev–Trinajstić information content (AvgIpc) is 2.97. The van der Waals surface area contributed by atoms with Gasteiger partial charge in [0.1, 0.15) is 89.4 Å². The van der Waals surface area contributed by atoms with Gasteiger partial charge >= 0.3 is 5.97 Å². The van der Waals surface area contributed by atoms with Crippen molar-refractivity contribution < 1.29 is 69.0 Å². The Morgan fingerprint density at radius 1 is 0.886 bits per heavy atom. The van der Waals surface area contributed by atoms with E-state index < -0.39 is 96.3 Å². The summed E-state index contributed by atoms with van der Waals surface area (Å²) in [6.07, 6.45) is -16.3. The maximum Gasteiger partial charge on any atom is 0.302 e. The molecule has 3 heterocycles. The monoisotopic (exact) mass is 620 g/mol. The fraction of sp³-hybridized carbons (Fsp3) is 0.448. The van der Waals surface area contributed by atoms with Gasteiger partial charge in [-0.05, 0) is 31.2 Å². The van der Waals surface area contributed by atoms with E-state index in [0.29, 0.717) is 5.56 Å². The Labute approximate surface area is 248 Å². The molecule has 0 amide bonds. The molecule has 2 aliphatic rings.